The van der Waals surface area contributed by atoms with Gasteiger partial charge >= 0.3 is 0 Å². The molecule has 0 radical (unpaired) electrons. The van der Waals surface area contributed by atoms with Crippen LogP contribution >= 0.6 is 23.2 Å². The van der Waals surface area contributed by atoms with Crippen LogP contribution in [0, 0.1) is 5.92 Å². The number of carbonyl (C=O) groups excluding carboxylic acids is 1. The van der Waals surface area contributed by atoms with E-state index in [9.17, 15) is 4.79 Å². The van der Waals surface area contributed by atoms with Crippen LogP contribution in [0.15, 0.2) is 18.2 Å². The van der Waals surface area contributed by atoms with Gasteiger partial charge in [-0.15, -0.1) is 0 Å². The summed E-state index contributed by atoms with van der Waals surface area (Å²) in [6.07, 6.45) is 2.57. The predicted octanol–water partition coefficient (Wildman–Crippen LogP) is 2.78. The number of carbonyl (C=O) groups is 1. The first-order chi connectivity index (χ1) is 8.94. The Labute approximate surface area is 123 Å². The maximum atomic E-state index is 12.1. The van der Waals surface area contributed by atoms with E-state index < -0.39 is 0 Å². The van der Waals surface area contributed by atoms with Crippen molar-refractivity contribution < 1.29 is 4.79 Å². The van der Waals surface area contributed by atoms with Gasteiger partial charge in [-0.1, -0.05) is 29.3 Å². The van der Waals surface area contributed by atoms with Gasteiger partial charge in [0.15, 0.2) is 0 Å². The number of hydrogen-bond donors (Lipinski definition) is 2. The maximum absolute atomic E-state index is 12.1. The lowest BCUT2D eigenvalue weighted by Crippen LogP contribution is -2.53. The van der Waals surface area contributed by atoms with Crippen LogP contribution in [0.1, 0.15) is 25.3 Å². The molecule has 0 bridgehead atoms. The molecule has 0 aromatic heterocycles. The fourth-order valence-corrected chi connectivity index (χ4v) is 2.56. The zero-order chi connectivity index (χ0) is 14.0. The molecule has 0 spiro atoms. The normalized spacial score (nSPS) is 17.9. The first-order valence-electron chi connectivity index (χ1n) is 6.39. The number of nitrogens with one attached hydrogen (secondary N) is 1. The van der Waals surface area contributed by atoms with Crippen LogP contribution in [-0.4, -0.2) is 18.0 Å². The molecule has 1 fully saturated rings. The van der Waals surface area contributed by atoms with Crippen LogP contribution in [-0.2, 0) is 11.2 Å². The topological polar surface area (TPSA) is 55.1 Å². The van der Waals surface area contributed by atoms with Crippen LogP contribution < -0.4 is 11.1 Å². The number of rotatable bonds is 5. The van der Waals surface area contributed by atoms with Crippen molar-refractivity contribution >= 4 is 29.1 Å². The van der Waals surface area contributed by atoms with Crippen LogP contribution in [0.4, 0.5) is 0 Å². The zero-order valence-corrected chi connectivity index (χ0v) is 12.4. The Hall–Kier alpha value is -0.770. The number of halogens is 2. The van der Waals surface area contributed by atoms with Gasteiger partial charge in [-0.3, -0.25) is 4.79 Å². The highest BCUT2D eigenvalue weighted by Crippen LogP contribution is 2.39. The second kappa shape index (κ2) is 5.70. The van der Waals surface area contributed by atoms with Crippen LogP contribution in [0.25, 0.3) is 0 Å². The van der Waals surface area contributed by atoms with Gasteiger partial charge in [-0.05, 0) is 43.4 Å². The molecule has 3 N–H and O–H groups in total. The molecule has 0 heterocycles. The molecular weight excluding hydrogens is 283 g/mol. The SMILES string of the molecule is CC(CN)(NC(=O)Cc1ccc(Cl)c(Cl)c1)C1CC1. The Balaban J connectivity index is 1.98. The van der Waals surface area contributed by atoms with Crippen molar-refractivity contribution in [3.05, 3.63) is 33.8 Å². The van der Waals surface area contributed by atoms with Gasteiger partial charge in [-0.2, -0.15) is 0 Å². The Bertz CT molecular complexity index is 488. The largest absolute Gasteiger partial charge is 0.349 e. The van der Waals surface area contributed by atoms with Crippen molar-refractivity contribution in [3.8, 4) is 0 Å². The molecule has 0 saturated heterocycles. The van der Waals surface area contributed by atoms with Crippen LogP contribution in [0.2, 0.25) is 10.0 Å². The van der Waals surface area contributed by atoms with Gasteiger partial charge in [0.2, 0.25) is 5.91 Å². The quantitative estimate of drug-likeness (QED) is 0.878. The lowest BCUT2D eigenvalue weighted by atomic mass is 9.95. The van der Waals surface area contributed by atoms with Crippen molar-refractivity contribution in [1.82, 2.24) is 5.32 Å². The second-order valence-corrected chi connectivity index (χ2v) is 6.18. The third-order valence-corrected chi connectivity index (χ3v) is 4.42. The summed E-state index contributed by atoms with van der Waals surface area (Å²) in [5, 5.41) is 4.01. The molecule has 104 valence electrons. The zero-order valence-electron chi connectivity index (χ0n) is 10.9. The number of amides is 1. The molecule has 5 heteroatoms. The Kier molecular flexibility index (Phi) is 4.39. The van der Waals surface area contributed by atoms with E-state index >= 15 is 0 Å². The van der Waals surface area contributed by atoms with Gasteiger partial charge in [0.25, 0.3) is 0 Å². The summed E-state index contributed by atoms with van der Waals surface area (Å²) in [5.74, 6) is 0.480. The third-order valence-electron chi connectivity index (χ3n) is 3.68. The van der Waals surface area contributed by atoms with E-state index in [0.29, 0.717) is 28.9 Å². The molecule has 1 aliphatic carbocycles. The molecule has 1 aromatic rings. The maximum Gasteiger partial charge on any atom is 0.224 e. The van der Waals surface area contributed by atoms with E-state index in [1.165, 1.54) is 0 Å². The molecule has 0 aliphatic heterocycles. The number of benzene rings is 1. The van der Waals surface area contributed by atoms with Gasteiger partial charge in [-0.25, -0.2) is 0 Å². The van der Waals surface area contributed by atoms with E-state index in [-0.39, 0.29) is 11.4 Å². The predicted molar refractivity (Wildman–Crippen MR) is 78.5 cm³/mol. The Morgan fingerprint density at radius 1 is 1.42 bits per heavy atom. The molecular formula is C14H18Cl2N2O. The lowest BCUT2D eigenvalue weighted by Gasteiger charge is -2.29. The summed E-state index contributed by atoms with van der Waals surface area (Å²) in [6, 6.07) is 5.24. The average Bonchev–Trinajstić information content (AvgIpc) is 3.18. The summed E-state index contributed by atoms with van der Waals surface area (Å²) in [4.78, 5) is 12.1. The molecule has 1 saturated carbocycles. The molecule has 1 aliphatic rings. The Morgan fingerprint density at radius 2 is 2.11 bits per heavy atom. The highest BCUT2D eigenvalue weighted by atomic mass is 35.5. The van der Waals surface area contributed by atoms with Gasteiger partial charge in [0.1, 0.15) is 0 Å². The lowest BCUT2D eigenvalue weighted by molar-refractivity contribution is -0.122. The van der Waals surface area contributed by atoms with Crippen LogP contribution in [0.5, 0.6) is 0 Å². The molecule has 19 heavy (non-hydrogen) atoms. The standard InChI is InChI=1S/C14H18Cl2N2O/c1-14(8-17,10-3-4-10)18-13(19)7-9-2-5-11(15)12(16)6-9/h2,5-6,10H,3-4,7-8,17H2,1H3,(H,18,19). The molecule has 2 rings (SSSR count). The minimum atomic E-state index is -0.284. The summed E-state index contributed by atoms with van der Waals surface area (Å²) in [7, 11) is 0. The van der Waals surface area contributed by atoms with Crippen molar-refractivity contribution in [2.24, 2.45) is 11.7 Å². The first kappa shape index (κ1) is 14.6. The second-order valence-electron chi connectivity index (χ2n) is 5.37. The summed E-state index contributed by atoms with van der Waals surface area (Å²) in [5.41, 5.74) is 6.35. The van der Waals surface area contributed by atoms with E-state index in [1.807, 2.05) is 13.0 Å². The van der Waals surface area contributed by atoms with Crippen LogP contribution in [0.3, 0.4) is 0 Å². The van der Waals surface area contributed by atoms with E-state index in [1.54, 1.807) is 12.1 Å². The van der Waals surface area contributed by atoms with E-state index in [0.717, 1.165) is 18.4 Å². The fraction of sp³-hybridized carbons (Fsp3) is 0.500. The summed E-state index contributed by atoms with van der Waals surface area (Å²) in [6.45, 7) is 2.47. The van der Waals surface area contributed by atoms with E-state index in [2.05, 4.69) is 5.32 Å². The number of nitrogens with two attached hydrogens (primary N) is 1. The third kappa shape index (κ3) is 3.62. The number of hydrogen-bond acceptors (Lipinski definition) is 2. The van der Waals surface area contributed by atoms with Crippen molar-refractivity contribution in [2.45, 2.75) is 31.7 Å². The minimum absolute atomic E-state index is 0.0294. The molecule has 1 unspecified atom stereocenters. The van der Waals surface area contributed by atoms with Gasteiger partial charge in [0.05, 0.1) is 22.0 Å². The molecule has 1 atom stereocenters. The van der Waals surface area contributed by atoms with Gasteiger partial charge < -0.3 is 11.1 Å². The molecule has 1 aromatic carbocycles. The fourth-order valence-electron chi connectivity index (χ4n) is 2.24. The highest BCUT2D eigenvalue weighted by Gasteiger charge is 2.41. The van der Waals surface area contributed by atoms with Crippen molar-refractivity contribution in [3.63, 3.8) is 0 Å². The van der Waals surface area contributed by atoms with Crippen molar-refractivity contribution in [2.75, 3.05) is 6.54 Å². The first-order valence-corrected chi connectivity index (χ1v) is 7.15. The molecule has 1 amide bonds. The molecule has 3 nitrogen and oxygen atoms in total. The van der Waals surface area contributed by atoms with E-state index in [4.69, 9.17) is 28.9 Å². The highest BCUT2D eigenvalue weighted by molar-refractivity contribution is 6.42. The summed E-state index contributed by atoms with van der Waals surface area (Å²) < 4.78 is 0. The van der Waals surface area contributed by atoms with Gasteiger partial charge in [0, 0.05) is 6.54 Å². The van der Waals surface area contributed by atoms with Crippen molar-refractivity contribution in [1.29, 1.82) is 0 Å². The Morgan fingerprint density at radius 3 is 2.63 bits per heavy atom. The summed E-state index contributed by atoms with van der Waals surface area (Å²) >= 11 is 11.8. The average molecular weight is 301 g/mol. The minimum Gasteiger partial charge on any atom is -0.349 e. The monoisotopic (exact) mass is 300 g/mol. The smallest absolute Gasteiger partial charge is 0.224 e.